The van der Waals surface area contributed by atoms with Crippen LogP contribution in [-0.4, -0.2) is 55.0 Å². The molecule has 0 atom stereocenters. The molecule has 3 heterocycles. The quantitative estimate of drug-likeness (QED) is 0.299. The largest absolute Gasteiger partial charge is 0.476 e. The minimum absolute atomic E-state index is 0.160. The Labute approximate surface area is 233 Å². The molecule has 1 spiro atoms. The number of hydrogen-bond acceptors (Lipinski definition) is 8. The lowest BCUT2D eigenvalue weighted by atomic mass is 9.98. The van der Waals surface area contributed by atoms with Crippen LogP contribution in [0.3, 0.4) is 0 Å². The van der Waals surface area contributed by atoms with E-state index in [1.807, 2.05) is 34.5 Å². The highest BCUT2D eigenvalue weighted by Crippen LogP contribution is 2.40. The molecule has 1 aliphatic heterocycles. The van der Waals surface area contributed by atoms with Crippen LogP contribution < -0.4 is 4.74 Å². The highest BCUT2D eigenvalue weighted by Gasteiger charge is 2.49. The van der Waals surface area contributed by atoms with Gasteiger partial charge in [-0.25, -0.2) is 9.31 Å². The van der Waals surface area contributed by atoms with Gasteiger partial charge in [-0.2, -0.15) is 4.98 Å². The first-order chi connectivity index (χ1) is 18.7. The van der Waals surface area contributed by atoms with Gasteiger partial charge in [0.2, 0.25) is 4.96 Å². The van der Waals surface area contributed by atoms with Crippen LogP contribution in [0.25, 0.3) is 16.3 Å². The lowest BCUT2D eigenvalue weighted by Gasteiger charge is -2.24. The van der Waals surface area contributed by atoms with Gasteiger partial charge < -0.3 is 9.47 Å². The molecule has 10 heteroatoms. The van der Waals surface area contributed by atoms with Crippen molar-refractivity contribution >= 4 is 34.0 Å². The predicted octanol–water partition coefficient (Wildman–Crippen LogP) is 5.73. The Balaban J connectivity index is 1.37. The molecular formula is C29H37N5O4S. The summed E-state index contributed by atoms with van der Waals surface area (Å²) in [5, 5.41) is 4.77. The maximum atomic E-state index is 13.6. The summed E-state index contributed by atoms with van der Waals surface area (Å²) in [7, 11) is 0. The number of amidine groups is 1. The molecule has 2 aromatic heterocycles. The van der Waals surface area contributed by atoms with E-state index in [1.165, 1.54) is 0 Å². The van der Waals surface area contributed by atoms with Gasteiger partial charge in [0.1, 0.15) is 17.1 Å². The lowest BCUT2D eigenvalue weighted by Crippen LogP contribution is -2.40. The third kappa shape index (κ3) is 5.18. The van der Waals surface area contributed by atoms with Crippen molar-refractivity contribution in [2.45, 2.75) is 97.2 Å². The average Bonchev–Trinajstić information content (AvgIpc) is 3.66. The minimum Gasteiger partial charge on any atom is -0.476 e. The minimum atomic E-state index is -1.12. The normalized spacial score (nSPS) is 16.9. The third-order valence-electron chi connectivity index (χ3n) is 7.53. The number of rotatable bonds is 10. The van der Waals surface area contributed by atoms with Crippen molar-refractivity contribution in [2.75, 3.05) is 6.61 Å². The number of unbranched alkanes of at least 4 members (excludes halogenated alkanes) is 1. The molecule has 9 nitrogen and oxygen atoms in total. The van der Waals surface area contributed by atoms with Gasteiger partial charge in [-0.3, -0.25) is 14.7 Å². The number of carbonyl (C=O) groups is 2. The number of fused-ring (bicyclic) bond motifs is 1. The molecule has 2 aliphatic rings. The summed E-state index contributed by atoms with van der Waals surface area (Å²) >= 11 is 1.56. The van der Waals surface area contributed by atoms with E-state index in [4.69, 9.17) is 24.5 Å². The fourth-order valence-electron chi connectivity index (χ4n) is 5.33. The molecule has 5 rings (SSSR count). The number of amides is 1. The van der Waals surface area contributed by atoms with Crippen LogP contribution >= 0.6 is 11.3 Å². The van der Waals surface area contributed by atoms with E-state index >= 15 is 0 Å². The van der Waals surface area contributed by atoms with Crippen molar-refractivity contribution in [1.82, 2.24) is 19.5 Å². The molecule has 0 saturated heterocycles. The van der Waals surface area contributed by atoms with Gasteiger partial charge >= 0.3 is 5.97 Å². The Morgan fingerprint density at radius 1 is 1.21 bits per heavy atom. The van der Waals surface area contributed by atoms with Crippen LogP contribution in [0, 0.1) is 6.92 Å². The molecule has 1 aliphatic carbocycles. The Hall–Kier alpha value is -3.27. The number of aryl methyl sites for hydroxylation is 1. The second-order valence-corrected chi connectivity index (χ2v) is 11.9. The third-order valence-corrected chi connectivity index (χ3v) is 8.65. The smallest absolute Gasteiger partial charge is 0.349 e. The number of ether oxygens (including phenoxy) is 2. The molecular weight excluding hydrogens is 514 g/mol. The summed E-state index contributed by atoms with van der Waals surface area (Å²) in [5.41, 5.74) is 0.107. The number of aliphatic imine (C=N–C) groups is 1. The van der Waals surface area contributed by atoms with Crippen molar-refractivity contribution < 1.29 is 19.1 Å². The summed E-state index contributed by atoms with van der Waals surface area (Å²) < 4.78 is 12.9. The number of thiazole rings is 1. The fourth-order valence-corrected chi connectivity index (χ4v) is 6.38. The Morgan fingerprint density at radius 2 is 1.97 bits per heavy atom. The summed E-state index contributed by atoms with van der Waals surface area (Å²) in [6, 6.07) is 7.40. The van der Waals surface area contributed by atoms with Gasteiger partial charge in [-0.05, 0) is 59.1 Å². The molecule has 1 fully saturated rings. The van der Waals surface area contributed by atoms with Crippen molar-refractivity contribution in [1.29, 1.82) is 0 Å². The molecule has 3 aromatic rings. The number of carbonyl (C=O) groups excluding carboxylic acids is 2. The zero-order valence-electron chi connectivity index (χ0n) is 23.5. The zero-order chi connectivity index (χ0) is 27.8. The van der Waals surface area contributed by atoms with E-state index in [2.05, 4.69) is 6.92 Å². The van der Waals surface area contributed by atoms with Crippen LogP contribution in [0.4, 0.5) is 0 Å². The number of nitrogens with zero attached hydrogens (tertiary/aromatic N) is 5. The number of hydrogen-bond donors (Lipinski definition) is 0. The topological polar surface area (TPSA) is 98.4 Å². The van der Waals surface area contributed by atoms with Crippen LogP contribution in [0.5, 0.6) is 5.75 Å². The van der Waals surface area contributed by atoms with Gasteiger partial charge in [-0.15, -0.1) is 5.10 Å². The number of aromatic nitrogens is 3. The molecule has 1 aromatic carbocycles. The molecule has 0 bridgehead atoms. The Kier molecular flexibility index (Phi) is 7.50. The molecule has 39 heavy (non-hydrogen) atoms. The highest BCUT2D eigenvalue weighted by atomic mass is 32.1. The lowest BCUT2D eigenvalue weighted by molar-refractivity contribution is -0.158. The van der Waals surface area contributed by atoms with Crippen molar-refractivity contribution in [3.63, 3.8) is 0 Å². The zero-order valence-corrected chi connectivity index (χ0v) is 24.3. The fraction of sp³-hybridized carbons (Fsp3) is 0.552. The van der Waals surface area contributed by atoms with E-state index in [1.54, 1.807) is 38.2 Å². The molecule has 208 valence electrons. The van der Waals surface area contributed by atoms with E-state index in [-0.39, 0.29) is 5.91 Å². The standard InChI is InChI=1S/C29H37N5O4S/c1-6-8-14-23-31-29(15-9-10-16-29)25(35)33(23)18-22-19(3)34-27(39-22)30-24(32-34)20-12-11-13-21(17-20)38-28(4,5)26(36)37-7-2/h11-13,17H,6-10,14-16,18H2,1-5H3. The highest BCUT2D eigenvalue weighted by molar-refractivity contribution is 7.17. The monoisotopic (exact) mass is 551 g/mol. The van der Waals surface area contributed by atoms with Crippen LogP contribution in [0.15, 0.2) is 29.3 Å². The van der Waals surface area contributed by atoms with Crippen molar-refractivity contribution in [3.05, 3.63) is 34.8 Å². The maximum absolute atomic E-state index is 13.6. The maximum Gasteiger partial charge on any atom is 0.349 e. The van der Waals surface area contributed by atoms with E-state index in [0.29, 0.717) is 24.7 Å². The van der Waals surface area contributed by atoms with Crippen LogP contribution in [0.2, 0.25) is 0 Å². The number of benzene rings is 1. The molecule has 0 unspecified atom stereocenters. The Bertz CT molecular complexity index is 1420. The summed E-state index contributed by atoms with van der Waals surface area (Å²) in [5.74, 6) is 1.78. The average molecular weight is 552 g/mol. The second kappa shape index (κ2) is 10.7. The van der Waals surface area contributed by atoms with E-state index < -0.39 is 17.1 Å². The summed E-state index contributed by atoms with van der Waals surface area (Å²) in [6.45, 7) is 10.1. The van der Waals surface area contributed by atoms with E-state index in [9.17, 15) is 9.59 Å². The van der Waals surface area contributed by atoms with Crippen molar-refractivity contribution in [2.24, 2.45) is 4.99 Å². The summed E-state index contributed by atoms with van der Waals surface area (Å²) in [4.78, 5) is 39.4. The first-order valence-corrected chi connectivity index (χ1v) is 14.7. The molecule has 0 radical (unpaired) electrons. The molecule has 1 amide bonds. The summed E-state index contributed by atoms with van der Waals surface area (Å²) in [6.07, 6.45) is 6.77. The van der Waals surface area contributed by atoms with Gasteiger partial charge in [0.05, 0.1) is 18.8 Å². The van der Waals surface area contributed by atoms with Gasteiger partial charge in [-0.1, -0.05) is 49.7 Å². The molecule has 0 N–H and O–H groups in total. The van der Waals surface area contributed by atoms with Gasteiger partial charge in [0, 0.05) is 16.9 Å². The SMILES string of the molecule is CCCCC1=NC2(CCCC2)C(=O)N1Cc1sc2nc(-c3cccc(OC(C)(C)C(=O)OCC)c3)nn2c1C. The second-order valence-electron chi connectivity index (χ2n) is 10.9. The first-order valence-electron chi connectivity index (χ1n) is 13.9. The van der Waals surface area contributed by atoms with E-state index in [0.717, 1.165) is 71.9 Å². The van der Waals surface area contributed by atoms with Crippen molar-refractivity contribution in [3.8, 4) is 17.1 Å². The predicted molar refractivity (Wildman–Crippen MR) is 151 cm³/mol. The molecule has 1 saturated carbocycles. The Morgan fingerprint density at radius 3 is 2.67 bits per heavy atom. The first kappa shape index (κ1) is 27.3. The number of esters is 1. The van der Waals surface area contributed by atoms with Crippen LogP contribution in [0.1, 0.15) is 83.2 Å². The van der Waals surface area contributed by atoms with Gasteiger partial charge in [0.15, 0.2) is 11.4 Å². The van der Waals surface area contributed by atoms with Crippen LogP contribution in [-0.2, 0) is 20.9 Å². The van der Waals surface area contributed by atoms with Gasteiger partial charge in [0.25, 0.3) is 5.91 Å².